The summed E-state index contributed by atoms with van der Waals surface area (Å²) in [6.45, 7) is -0.0786. The van der Waals surface area contributed by atoms with Crippen LogP contribution in [0.4, 0.5) is 11.4 Å². The number of carbonyl (C=O) groups excluding carboxylic acids is 2. The molecule has 1 amide bonds. The Hall–Kier alpha value is -3.68. The molecule has 3 aromatic rings. The van der Waals surface area contributed by atoms with Gasteiger partial charge in [0, 0.05) is 28.7 Å². The molecule has 8 nitrogen and oxygen atoms in total. The molecule has 0 atom stereocenters. The van der Waals surface area contributed by atoms with E-state index >= 15 is 0 Å². The fourth-order valence-corrected chi connectivity index (χ4v) is 2.58. The van der Waals surface area contributed by atoms with Crippen molar-refractivity contribution in [2.75, 3.05) is 5.32 Å². The van der Waals surface area contributed by atoms with Gasteiger partial charge in [0.1, 0.15) is 12.3 Å². The van der Waals surface area contributed by atoms with Gasteiger partial charge in [-0.2, -0.15) is 0 Å². The highest BCUT2D eigenvalue weighted by Crippen LogP contribution is 2.28. The predicted molar refractivity (Wildman–Crippen MR) is 90.7 cm³/mol. The van der Waals surface area contributed by atoms with Crippen LogP contribution in [0.25, 0.3) is 10.9 Å². The summed E-state index contributed by atoms with van der Waals surface area (Å²) in [5, 5.41) is 23.7. The van der Waals surface area contributed by atoms with Crippen molar-refractivity contribution >= 4 is 34.5 Å². The topological polar surface area (TPSA) is 114 Å². The molecule has 8 heteroatoms. The second-order valence-corrected chi connectivity index (χ2v) is 5.35. The number of aromatic nitrogens is 1. The molecule has 0 aliphatic rings. The number of nitrogens with one attached hydrogen (secondary N) is 1. The van der Waals surface area contributed by atoms with E-state index in [1.807, 2.05) is 0 Å². The Kier molecular flexibility index (Phi) is 4.17. The second kappa shape index (κ2) is 6.44. The van der Waals surface area contributed by atoms with Gasteiger partial charge >= 0.3 is 0 Å². The minimum atomic E-state index is -0.641. The Morgan fingerprint density at radius 3 is 2.72 bits per heavy atom. The van der Waals surface area contributed by atoms with Crippen LogP contribution < -0.4 is 5.32 Å². The van der Waals surface area contributed by atoms with Crippen LogP contribution in [0.1, 0.15) is 10.4 Å². The Morgan fingerprint density at radius 1 is 1.28 bits per heavy atom. The Morgan fingerprint density at radius 2 is 2.04 bits per heavy atom. The number of aromatic hydroxyl groups is 1. The number of non-ortho nitro benzene ring substituents is 1. The van der Waals surface area contributed by atoms with Crippen LogP contribution in [-0.2, 0) is 11.3 Å². The smallest absolute Gasteiger partial charge is 0.273 e. The maximum Gasteiger partial charge on any atom is 0.273 e. The number of phenolic OH excluding ortho intramolecular Hbond substituents is 1. The van der Waals surface area contributed by atoms with Gasteiger partial charge in [-0.25, -0.2) is 0 Å². The summed E-state index contributed by atoms with van der Waals surface area (Å²) in [5.74, 6) is -0.837. The van der Waals surface area contributed by atoms with E-state index in [1.165, 1.54) is 12.1 Å². The van der Waals surface area contributed by atoms with E-state index < -0.39 is 16.6 Å². The monoisotopic (exact) mass is 339 g/mol. The molecule has 1 heterocycles. The summed E-state index contributed by atoms with van der Waals surface area (Å²) in [4.78, 5) is 33.4. The fourth-order valence-electron chi connectivity index (χ4n) is 2.58. The van der Waals surface area contributed by atoms with Crippen LogP contribution in [0.15, 0.2) is 48.7 Å². The number of aldehydes is 1. The second-order valence-electron chi connectivity index (χ2n) is 5.35. The van der Waals surface area contributed by atoms with E-state index in [0.29, 0.717) is 5.56 Å². The number of fused-ring (bicyclic) bond motifs is 1. The maximum atomic E-state index is 12.2. The molecule has 0 aliphatic carbocycles. The number of rotatable bonds is 5. The van der Waals surface area contributed by atoms with Gasteiger partial charge in [-0.15, -0.1) is 0 Å². The van der Waals surface area contributed by atoms with Gasteiger partial charge in [0.2, 0.25) is 5.91 Å². The largest absolute Gasteiger partial charge is 0.506 e. The van der Waals surface area contributed by atoms with Crippen molar-refractivity contribution in [3.05, 3.63) is 64.3 Å². The van der Waals surface area contributed by atoms with E-state index in [4.69, 9.17) is 0 Å². The van der Waals surface area contributed by atoms with E-state index in [-0.39, 0.29) is 17.9 Å². The average molecular weight is 339 g/mol. The van der Waals surface area contributed by atoms with Gasteiger partial charge in [-0.3, -0.25) is 19.7 Å². The number of nitro benzene ring substituents is 1. The van der Waals surface area contributed by atoms with Crippen LogP contribution in [0.2, 0.25) is 0 Å². The number of phenols is 1. The zero-order valence-electron chi connectivity index (χ0n) is 12.9. The number of benzene rings is 2. The Balaban J connectivity index is 1.82. The van der Waals surface area contributed by atoms with Crippen LogP contribution in [-0.4, -0.2) is 26.8 Å². The Labute approximate surface area is 141 Å². The highest BCUT2D eigenvalue weighted by molar-refractivity contribution is 5.99. The predicted octanol–water partition coefficient (Wildman–Crippen LogP) is 2.71. The van der Waals surface area contributed by atoms with E-state index in [2.05, 4.69) is 5.32 Å². The number of nitro groups is 1. The van der Waals surface area contributed by atoms with Crippen LogP contribution in [0.5, 0.6) is 5.75 Å². The van der Waals surface area contributed by atoms with Crippen molar-refractivity contribution in [1.82, 2.24) is 4.57 Å². The van der Waals surface area contributed by atoms with Crippen LogP contribution in [0, 0.1) is 10.1 Å². The molecule has 0 unspecified atom stereocenters. The van der Waals surface area contributed by atoms with Gasteiger partial charge < -0.3 is 15.0 Å². The molecule has 1 aromatic heterocycles. The molecular weight excluding hydrogens is 326 g/mol. The Bertz CT molecular complexity index is 993. The molecule has 0 radical (unpaired) electrons. The van der Waals surface area contributed by atoms with Gasteiger partial charge in [0.15, 0.2) is 6.29 Å². The highest BCUT2D eigenvalue weighted by atomic mass is 16.6. The molecule has 0 bridgehead atoms. The van der Waals surface area contributed by atoms with Crippen molar-refractivity contribution in [3.63, 3.8) is 0 Å². The summed E-state index contributed by atoms with van der Waals surface area (Å²) in [5.41, 5.74) is 0.999. The first kappa shape index (κ1) is 16.2. The molecule has 3 rings (SSSR count). The number of hydrogen-bond donors (Lipinski definition) is 2. The lowest BCUT2D eigenvalue weighted by atomic mass is 10.2. The zero-order chi connectivity index (χ0) is 18.0. The van der Waals surface area contributed by atoms with Crippen molar-refractivity contribution in [3.8, 4) is 5.75 Å². The summed E-state index contributed by atoms with van der Waals surface area (Å²) in [7, 11) is 0. The number of nitrogens with zero attached hydrogens (tertiary/aromatic N) is 2. The van der Waals surface area contributed by atoms with Gasteiger partial charge in [-0.05, 0) is 12.1 Å². The number of para-hydroxylation sites is 1. The minimum absolute atomic E-state index is 0.0719. The van der Waals surface area contributed by atoms with Crippen molar-refractivity contribution in [2.45, 2.75) is 6.54 Å². The third-order valence-electron chi connectivity index (χ3n) is 3.73. The fraction of sp³-hybridized carbons (Fsp3) is 0.0588. The first-order chi connectivity index (χ1) is 12.0. The molecular formula is C17H13N3O5. The molecule has 126 valence electrons. The van der Waals surface area contributed by atoms with Crippen LogP contribution in [0.3, 0.4) is 0 Å². The molecule has 0 saturated carbocycles. The van der Waals surface area contributed by atoms with Crippen molar-refractivity contribution in [2.24, 2.45) is 0 Å². The lowest BCUT2D eigenvalue weighted by molar-refractivity contribution is -0.384. The van der Waals surface area contributed by atoms with Crippen molar-refractivity contribution < 1.29 is 19.6 Å². The zero-order valence-corrected chi connectivity index (χ0v) is 12.9. The summed E-state index contributed by atoms with van der Waals surface area (Å²) < 4.78 is 1.62. The molecule has 0 aliphatic heterocycles. The minimum Gasteiger partial charge on any atom is -0.506 e. The van der Waals surface area contributed by atoms with Crippen molar-refractivity contribution in [1.29, 1.82) is 0 Å². The first-order valence-electron chi connectivity index (χ1n) is 7.30. The number of amides is 1. The average Bonchev–Trinajstić information content (AvgIpc) is 2.94. The van der Waals surface area contributed by atoms with E-state index in [1.54, 1.807) is 35.0 Å². The number of anilines is 1. The molecule has 0 spiro atoms. The van der Waals surface area contributed by atoms with Gasteiger partial charge in [-0.1, -0.05) is 18.2 Å². The molecule has 25 heavy (non-hydrogen) atoms. The lowest BCUT2D eigenvalue weighted by Crippen LogP contribution is -2.18. The SMILES string of the molecule is O=Cc1cn(CC(=O)Nc2ccc([N+](=O)[O-])cc2O)c2ccccc12. The molecule has 2 N–H and O–H groups in total. The number of hydrogen-bond acceptors (Lipinski definition) is 5. The maximum absolute atomic E-state index is 12.2. The molecule has 2 aromatic carbocycles. The van der Waals surface area contributed by atoms with Gasteiger partial charge in [0.25, 0.3) is 5.69 Å². The van der Waals surface area contributed by atoms with Gasteiger partial charge in [0.05, 0.1) is 16.7 Å². The third-order valence-corrected chi connectivity index (χ3v) is 3.73. The van der Waals surface area contributed by atoms with E-state index in [9.17, 15) is 24.8 Å². The number of carbonyl (C=O) groups is 2. The summed E-state index contributed by atoms with van der Waals surface area (Å²) in [6.07, 6.45) is 2.30. The highest BCUT2D eigenvalue weighted by Gasteiger charge is 2.14. The molecule has 0 saturated heterocycles. The quantitative estimate of drug-likeness (QED) is 0.321. The first-order valence-corrected chi connectivity index (χ1v) is 7.30. The third kappa shape index (κ3) is 3.18. The standard InChI is InChI=1S/C17H13N3O5/c21-10-11-8-19(15-4-2-1-3-13(11)15)9-17(23)18-14-6-5-12(20(24)25)7-16(14)22/h1-8,10,22H,9H2,(H,18,23). The lowest BCUT2D eigenvalue weighted by Gasteiger charge is -2.08. The molecule has 0 fully saturated rings. The van der Waals surface area contributed by atoms with Crippen LogP contribution >= 0.6 is 0 Å². The van der Waals surface area contributed by atoms with E-state index in [0.717, 1.165) is 23.3 Å². The normalized spacial score (nSPS) is 10.6. The summed E-state index contributed by atoms with van der Waals surface area (Å²) >= 11 is 0. The summed E-state index contributed by atoms with van der Waals surface area (Å²) in [6, 6.07) is 10.6.